The lowest BCUT2D eigenvalue weighted by molar-refractivity contribution is -0.229. The SMILES string of the molecule is CO[C@H]1[C@@H](OC)[C@H]2COCC#Cc3ccccc3S[C@H](O2)[C@@H]1OC. The van der Waals surface area contributed by atoms with Gasteiger partial charge in [0.1, 0.15) is 36.5 Å². The van der Waals surface area contributed by atoms with E-state index in [9.17, 15) is 0 Å². The number of hydrogen-bond donors (Lipinski definition) is 0. The molecule has 0 amide bonds. The molecule has 3 rings (SSSR count). The molecule has 0 N–H and O–H groups in total. The number of ether oxygens (including phenoxy) is 5. The second-order valence-electron chi connectivity index (χ2n) is 5.57. The highest BCUT2D eigenvalue weighted by atomic mass is 32.2. The van der Waals surface area contributed by atoms with E-state index in [4.69, 9.17) is 23.7 Å². The van der Waals surface area contributed by atoms with Gasteiger partial charge in [0.05, 0.1) is 6.61 Å². The largest absolute Gasteiger partial charge is 0.376 e. The van der Waals surface area contributed by atoms with E-state index in [0.717, 1.165) is 10.5 Å². The van der Waals surface area contributed by atoms with Crippen molar-refractivity contribution in [1.29, 1.82) is 0 Å². The second kappa shape index (κ2) is 8.34. The van der Waals surface area contributed by atoms with Crippen molar-refractivity contribution < 1.29 is 23.7 Å². The molecule has 0 spiro atoms. The first-order chi connectivity index (χ1) is 11.8. The number of thioether (sulfide) groups is 1. The predicted molar refractivity (Wildman–Crippen MR) is 91.0 cm³/mol. The lowest BCUT2D eigenvalue weighted by Gasteiger charge is -2.44. The summed E-state index contributed by atoms with van der Waals surface area (Å²) in [5.74, 6) is 6.23. The highest BCUT2D eigenvalue weighted by Gasteiger charge is 2.47. The van der Waals surface area contributed by atoms with Crippen molar-refractivity contribution in [2.45, 2.75) is 34.7 Å². The number of hydrogen-bond acceptors (Lipinski definition) is 6. The summed E-state index contributed by atoms with van der Waals surface area (Å²) in [6.45, 7) is 0.752. The van der Waals surface area contributed by atoms with Gasteiger partial charge in [-0.25, -0.2) is 0 Å². The fourth-order valence-corrected chi connectivity index (χ4v) is 4.32. The Kier molecular flexibility index (Phi) is 6.17. The predicted octanol–water partition coefficient (Wildman–Crippen LogP) is 1.93. The van der Waals surface area contributed by atoms with E-state index in [1.54, 1.807) is 33.1 Å². The van der Waals surface area contributed by atoms with Crippen LogP contribution in [0.25, 0.3) is 0 Å². The molecule has 1 fully saturated rings. The standard InChI is InChI=1S/C18H22O5S/c1-19-15-13-11-22-10-6-8-12-7-4-5-9-14(12)24-18(23-13)17(21-3)16(15)20-2/h4-5,7,9,13,15-18H,10-11H2,1-3H3/t13-,15+,16+,17-,18+/m1/s1. The van der Waals surface area contributed by atoms with E-state index in [1.165, 1.54) is 0 Å². The molecule has 5 nitrogen and oxygen atoms in total. The van der Waals surface area contributed by atoms with E-state index in [2.05, 4.69) is 11.8 Å². The smallest absolute Gasteiger partial charge is 0.137 e. The number of benzene rings is 1. The van der Waals surface area contributed by atoms with Crippen molar-refractivity contribution in [2.75, 3.05) is 34.5 Å². The molecule has 0 unspecified atom stereocenters. The molecule has 2 aliphatic heterocycles. The summed E-state index contributed by atoms with van der Waals surface area (Å²) < 4.78 is 29.0. The molecule has 2 bridgehead atoms. The first-order valence-corrected chi connectivity index (χ1v) is 8.72. The van der Waals surface area contributed by atoms with E-state index < -0.39 is 0 Å². The average Bonchev–Trinajstić information content (AvgIpc) is 2.64. The van der Waals surface area contributed by atoms with Gasteiger partial charge in [-0.15, -0.1) is 0 Å². The third kappa shape index (κ3) is 3.62. The summed E-state index contributed by atoms with van der Waals surface area (Å²) in [7, 11) is 4.99. The molecule has 130 valence electrons. The highest BCUT2D eigenvalue weighted by molar-refractivity contribution is 7.99. The molecule has 5 atom stereocenters. The van der Waals surface area contributed by atoms with Gasteiger partial charge in [0, 0.05) is 31.8 Å². The second-order valence-corrected chi connectivity index (χ2v) is 6.71. The van der Waals surface area contributed by atoms with Crippen molar-refractivity contribution >= 4 is 11.8 Å². The third-order valence-corrected chi connectivity index (χ3v) is 5.44. The Morgan fingerprint density at radius 1 is 1.04 bits per heavy atom. The molecule has 1 aromatic rings. The fourth-order valence-electron chi connectivity index (χ4n) is 3.06. The van der Waals surface area contributed by atoms with Crippen LogP contribution in [0.5, 0.6) is 0 Å². The molecule has 0 radical (unpaired) electrons. The first-order valence-electron chi connectivity index (χ1n) is 7.84. The monoisotopic (exact) mass is 350 g/mol. The van der Waals surface area contributed by atoms with Crippen LogP contribution in [0.3, 0.4) is 0 Å². The molecule has 24 heavy (non-hydrogen) atoms. The summed E-state index contributed by atoms with van der Waals surface area (Å²) in [5.41, 5.74) is 0.729. The van der Waals surface area contributed by atoms with Gasteiger partial charge in [-0.1, -0.05) is 35.7 Å². The zero-order valence-electron chi connectivity index (χ0n) is 14.1. The van der Waals surface area contributed by atoms with Crippen molar-refractivity contribution in [1.82, 2.24) is 0 Å². The molecule has 0 saturated carbocycles. The maximum atomic E-state index is 6.27. The van der Waals surface area contributed by atoms with Crippen molar-refractivity contribution in [3.05, 3.63) is 29.8 Å². The summed E-state index contributed by atoms with van der Waals surface area (Å²) in [6.07, 6.45) is -1.01. The minimum atomic E-state index is -0.263. The van der Waals surface area contributed by atoms with Crippen LogP contribution in [0.4, 0.5) is 0 Å². The van der Waals surface area contributed by atoms with E-state index in [-0.39, 0.29) is 29.9 Å². The Labute approximate surface area is 146 Å². The van der Waals surface area contributed by atoms with Crippen LogP contribution in [0.1, 0.15) is 5.56 Å². The Morgan fingerprint density at radius 2 is 1.79 bits per heavy atom. The lowest BCUT2D eigenvalue weighted by Crippen LogP contribution is -2.59. The molecule has 0 aliphatic carbocycles. The quantitative estimate of drug-likeness (QED) is 0.777. The van der Waals surface area contributed by atoms with Crippen molar-refractivity contribution in [2.24, 2.45) is 0 Å². The van der Waals surface area contributed by atoms with Gasteiger partial charge in [-0.2, -0.15) is 0 Å². The zero-order chi connectivity index (χ0) is 16.9. The van der Waals surface area contributed by atoms with Crippen LogP contribution in [0.15, 0.2) is 29.2 Å². The maximum Gasteiger partial charge on any atom is 0.137 e. The highest BCUT2D eigenvalue weighted by Crippen LogP contribution is 2.37. The van der Waals surface area contributed by atoms with E-state index in [0.29, 0.717) is 13.2 Å². The molecule has 0 aromatic heterocycles. The van der Waals surface area contributed by atoms with Crippen LogP contribution < -0.4 is 0 Å². The topological polar surface area (TPSA) is 46.2 Å². The van der Waals surface area contributed by atoms with Gasteiger partial charge < -0.3 is 23.7 Å². The van der Waals surface area contributed by atoms with Gasteiger partial charge >= 0.3 is 0 Å². The molecule has 1 saturated heterocycles. The van der Waals surface area contributed by atoms with Gasteiger partial charge in [-0.3, -0.25) is 0 Å². The Morgan fingerprint density at radius 3 is 2.54 bits per heavy atom. The number of fused-ring (bicyclic) bond motifs is 3. The third-order valence-electron chi connectivity index (χ3n) is 4.22. The minimum Gasteiger partial charge on any atom is -0.376 e. The van der Waals surface area contributed by atoms with Gasteiger partial charge in [0.15, 0.2) is 0 Å². The Balaban J connectivity index is 1.96. The summed E-state index contributed by atoms with van der Waals surface area (Å²) >= 11 is 1.60. The van der Waals surface area contributed by atoms with Gasteiger partial charge in [0.2, 0.25) is 0 Å². The van der Waals surface area contributed by atoms with E-state index in [1.807, 2.05) is 24.3 Å². The van der Waals surface area contributed by atoms with Crippen LogP contribution in [-0.4, -0.2) is 64.4 Å². The lowest BCUT2D eigenvalue weighted by atomic mass is 9.99. The summed E-state index contributed by atoms with van der Waals surface area (Å²) in [5, 5.41) is 0. The summed E-state index contributed by atoms with van der Waals surface area (Å²) in [6, 6.07) is 8.02. The Hall–Kier alpha value is -1.07. The molecular weight excluding hydrogens is 328 g/mol. The van der Waals surface area contributed by atoms with Crippen LogP contribution in [0, 0.1) is 11.8 Å². The molecular formula is C18H22O5S. The van der Waals surface area contributed by atoms with Gasteiger partial charge in [0.25, 0.3) is 0 Å². The van der Waals surface area contributed by atoms with Crippen molar-refractivity contribution in [3.63, 3.8) is 0 Å². The minimum absolute atomic E-state index is 0.235. The average molecular weight is 350 g/mol. The summed E-state index contributed by atoms with van der Waals surface area (Å²) in [4.78, 5) is 1.06. The molecule has 2 aliphatic rings. The number of rotatable bonds is 3. The molecule has 1 aromatic carbocycles. The van der Waals surface area contributed by atoms with E-state index >= 15 is 0 Å². The molecule has 2 heterocycles. The fraction of sp³-hybridized carbons (Fsp3) is 0.556. The normalized spacial score (nSPS) is 32.9. The van der Waals surface area contributed by atoms with Gasteiger partial charge in [-0.05, 0) is 12.1 Å². The van der Waals surface area contributed by atoms with Crippen LogP contribution in [-0.2, 0) is 23.7 Å². The Bertz CT molecular complexity index is 611. The van der Waals surface area contributed by atoms with Crippen LogP contribution in [0.2, 0.25) is 0 Å². The number of methoxy groups -OCH3 is 3. The maximum absolute atomic E-state index is 6.27. The molecule has 6 heteroatoms. The van der Waals surface area contributed by atoms with Crippen molar-refractivity contribution in [3.8, 4) is 11.8 Å². The first kappa shape index (κ1) is 17.7. The zero-order valence-corrected chi connectivity index (χ0v) is 14.9. The van der Waals surface area contributed by atoms with Crippen LogP contribution >= 0.6 is 11.8 Å².